The van der Waals surface area contributed by atoms with Crippen LogP contribution in [-0.2, 0) is 20.7 Å². The Morgan fingerprint density at radius 1 is 1.15 bits per heavy atom. The molecule has 8 heteroatoms. The monoisotopic (exact) mass is 367 g/mol. The van der Waals surface area contributed by atoms with Crippen LogP contribution in [0.3, 0.4) is 0 Å². The van der Waals surface area contributed by atoms with Crippen LogP contribution in [0.1, 0.15) is 23.0 Å². The number of para-hydroxylation sites is 1. The standard InChI is InChI=1S/C19H17N3O5/c1-11(19(25)21-13-8-6-12(7-9-13)18(20)24)26-17(23)10-15-14-4-2-3-5-16(14)27-22-15/h2-9,11H,10H2,1H3,(H2,20,24)(H,21,25)/t11-/m1/s1. The van der Waals surface area contributed by atoms with Crippen molar-refractivity contribution in [2.45, 2.75) is 19.4 Å². The van der Waals surface area contributed by atoms with Gasteiger partial charge in [0.05, 0.1) is 6.42 Å². The quantitative estimate of drug-likeness (QED) is 0.642. The van der Waals surface area contributed by atoms with Gasteiger partial charge in [-0.25, -0.2) is 0 Å². The number of benzene rings is 2. The van der Waals surface area contributed by atoms with Crippen LogP contribution in [0.5, 0.6) is 0 Å². The molecule has 2 amide bonds. The highest BCUT2D eigenvalue weighted by Crippen LogP contribution is 2.18. The first-order valence-electron chi connectivity index (χ1n) is 8.17. The molecule has 1 atom stereocenters. The van der Waals surface area contributed by atoms with Gasteiger partial charge in [0.1, 0.15) is 5.69 Å². The van der Waals surface area contributed by atoms with Gasteiger partial charge in [-0.2, -0.15) is 0 Å². The van der Waals surface area contributed by atoms with Crippen LogP contribution < -0.4 is 11.1 Å². The summed E-state index contributed by atoms with van der Waals surface area (Å²) in [6, 6.07) is 13.2. The molecule has 8 nitrogen and oxygen atoms in total. The first kappa shape index (κ1) is 18.1. The summed E-state index contributed by atoms with van der Waals surface area (Å²) >= 11 is 0. The number of anilines is 1. The second kappa shape index (κ2) is 7.69. The van der Waals surface area contributed by atoms with Crippen molar-refractivity contribution >= 4 is 34.4 Å². The molecule has 1 aromatic heterocycles. The van der Waals surface area contributed by atoms with E-state index in [1.807, 2.05) is 6.07 Å². The van der Waals surface area contributed by atoms with Crippen LogP contribution in [-0.4, -0.2) is 29.0 Å². The van der Waals surface area contributed by atoms with Crippen molar-refractivity contribution in [1.29, 1.82) is 0 Å². The van der Waals surface area contributed by atoms with Gasteiger partial charge in [-0.15, -0.1) is 0 Å². The molecule has 0 aliphatic carbocycles. The van der Waals surface area contributed by atoms with E-state index in [-0.39, 0.29) is 6.42 Å². The molecule has 27 heavy (non-hydrogen) atoms. The zero-order valence-electron chi connectivity index (χ0n) is 14.5. The highest BCUT2D eigenvalue weighted by Gasteiger charge is 2.20. The molecule has 0 aliphatic heterocycles. The van der Waals surface area contributed by atoms with Gasteiger partial charge in [0.2, 0.25) is 5.91 Å². The van der Waals surface area contributed by atoms with E-state index < -0.39 is 23.9 Å². The highest BCUT2D eigenvalue weighted by molar-refractivity contribution is 5.97. The number of nitrogens with zero attached hydrogens (tertiary/aromatic N) is 1. The number of ether oxygens (including phenoxy) is 1. The molecular formula is C19H17N3O5. The minimum atomic E-state index is -1.01. The summed E-state index contributed by atoms with van der Waals surface area (Å²) < 4.78 is 10.3. The number of primary amides is 1. The summed E-state index contributed by atoms with van der Waals surface area (Å²) in [5.74, 6) is -1.66. The Kier molecular flexibility index (Phi) is 5.16. The number of esters is 1. The van der Waals surface area contributed by atoms with Crippen LogP contribution in [0.4, 0.5) is 5.69 Å². The van der Waals surface area contributed by atoms with E-state index >= 15 is 0 Å². The lowest BCUT2D eigenvalue weighted by molar-refractivity contribution is -0.152. The third-order valence-corrected chi connectivity index (χ3v) is 3.88. The van der Waals surface area contributed by atoms with Crippen molar-refractivity contribution in [3.05, 3.63) is 59.8 Å². The van der Waals surface area contributed by atoms with Crippen molar-refractivity contribution in [3.8, 4) is 0 Å². The van der Waals surface area contributed by atoms with E-state index in [0.29, 0.717) is 22.5 Å². The second-order valence-electron chi connectivity index (χ2n) is 5.87. The molecular weight excluding hydrogens is 350 g/mol. The van der Waals surface area contributed by atoms with Gasteiger partial charge in [0.15, 0.2) is 11.7 Å². The molecule has 0 saturated heterocycles. The number of amides is 2. The van der Waals surface area contributed by atoms with Crippen molar-refractivity contribution in [2.75, 3.05) is 5.32 Å². The minimum Gasteiger partial charge on any atom is -0.452 e. The number of fused-ring (bicyclic) bond motifs is 1. The van der Waals surface area contributed by atoms with Crippen LogP contribution in [0.25, 0.3) is 11.0 Å². The first-order chi connectivity index (χ1) is 12.9. The summed E-state index contributed by atoms with van der Waals surface area (Å²) in [6.45, 7) is 1.46. The fourth-order valence-electron chi connectivity index (χ4n) is 2.46. The third kappa shape index (κ3) is 4.30. The van der Waals surface area contributed by atoms with E-state index in [0.717, 1.165) is 5.39 Å². The average Bonchev–Trinajstić information content (AvgIpc) is 3.05. The number of rotatable bonds is 6. The molecule has 0 fully saturated rings. The zero-order chi connectivity index (χ0) is 19.4. The maximum atomic E-state index is 12.2. The smallest absolute Gasteiger partial charge is 0.312 e. The van der Waals surface area contributed by atoms with Crippen molar-refractivity contribution < 1.29 is 23.6 Å². The van der Waals surface area contributed by atoms with Gasteiger partial charge in [-0.3, -0.25) is 14.4 Å². The van der Waals surface area contributed by atoms with Gasteiger partial charge in [-0.05, 0) is 43.3 Å². The summed E-state index contributed by atoms with van der Waals surface area (Å²) in [7, 11) is 0. The van der Waals surface area contributed by atoms with Gasteiger partial charge in [0, 0.05) is 16.6 Å². The molecule has 3 aromatic rings. The molecule has 0 unspecified atom stereocenters. The van der Waals surface area contributed by atoms with Crippen LogP contribution in [0.2, 0.25) is 0 Å². The van der Waals surface area contributed by atoms with Crippen molar-refractivity contribution in [3.63, 3.8) is 0 Å². The Hall–Kier alpha value is -3.68. The number of nitrogens with one attached hydrogen (secondary N) is 1. The van der Waals surface area contributed by atoms with E-state index in [1.165, 1.54) is 31.2 Å². The number of nitrogens with two attached hydrogens (primary N) is 1. The van der Waals surface area contributed by atoms with Crippen LogP contribution in [0.15, 0.2) is 53.1 Å². The van der Waals surface area contributed by atoms with Crippen molar-refractivity contribution in [2.24, 2.45) is 5.73 Å². The third-order valence-electron chi connectivity index (χ3n) is 3.88. The second-order valence-corrected chi connectivity index (χ2v) is 5.87. The number of carbonyl (C=O) groups excluding carboxylic acids is 3. The van der Waals surface area contributed by atoms with Gasteiger partial charge in [0.25, 0.3) is 5.91 Å². The molecule has 3 N–H and O–H groups in total. The molecule has 2 aromatic carbocycles. The molecule has 0 saturated carbocycles. The molecule has 1 heterocycles. The van der Waals surface area contributed by atoms with Crippen LogP contribution in [0, 0.1) is 0 Å². The summed E-state index contributed by atoms with van der Waals surface area (Å²) in [4.78, 5) is 35.3. The van der Waals surface area contributed by atoms with Gasteiger partial charge >= 0.3 is 5.97 Å². The SMILES string of the molecule is C[C@@H](OC(=O)Cc1noc2ccccc12)C(=O)Nc1ccc(C(N)=O)cc1. The Bertz CT molecular complexity index is 994. The largest absolute Gasteiger partial charge is 0.452 e. The predicted molar refractivity (Wildman–Crippen MR) is 96.9 cm³/mol. The zero-order valence-corrected chi connectivity index (χ0v) is 14.5. The van der Waals surface area contributed by atoms with E-state index in [1.54, 1.807) is 18.2 Å². The number of hydrogen-bond donors (Lipinski definition) is 2. The van der Waals surface area contributed by atoms with E-state index in [9.17, 15) is 14.4 Å². The molecule has 0 bridgehead atoms. The lowest BCUT2D eigenvalue weighted by atomic mass is 10.2. The fraction of sp³-hybridized carbons (Fsp3) is 0.158. The predicted octanol–water partition coefficient (Wildman–Crippen LogP) is 2.04. The maximum Gasteiger partial charge on any atom is 0.312 e. The summed E-state index contributed by atoms with van der Waals surface area (Å²) in [5.41, 5.74) is 6.97. The number of hydrogen-bond acceptors (Lipinski definition) is 6. The maximum absolute atomic E-state index is 12.2. The lowest BCUT2D eigenvalue weighted by Gasteiger charge is -2.13. The minimum absolute atomic E-state index is 0.109. The summed E-state index contributed by atoms with van der Waals surface area (Å²) in [6.07, 6.45) is -1.12. The van der Waals surface area contributed by atoms with Crippen LogP contribution >= 0.6 is 0 Å². The average molecular weight is 367 g/mol. The number of aromatic nitrogens is 1. The van der Waals surface area contributed by atoms with Crippen molar-refractivity contribution in [1.82, 2.24) is 5.16 Å². The molecule has 0 radical (unpaired) electrons. The number of carbonyl (C=O) groups is 3. The Morgan fingerprint density at radius 3 is 2.56 bits per heavy atom. The molecule has 3 rings (SSSR count). The summed E-state index contributed by atoms with van der Waals surface area (Å²) in [5, 5.41) is 7.19. The van der Waals surface area contributed by atoms with E-state index in [2.05, 4.69) is 10.5 Å². The molecule has 138 valence electrons. The topological polar surface area (TPSA) is 125 Å². The Morgan fingerprint density at radius 2 is 1.85 bits per heavy atom. The molecule has 0 spiro atoms. The highest BCUT2D eigenvalue weighted by atomic mass is 16.5. The van der Waals surface area contributed by atoms with E-state index in [4.69, 9.17) is 15.0 Å². The normalized spacial score (nSPS) is 11.7. The van der Waals surface area contributed by atoms with Gasteiger partial charge in [-0.1, -0.05) is 17.3 Å². The Labute approximate surface area is 154 Å². The Balaban J connectivity index is 1.57. The fourth-order valence-corrected chi connectivity index (χ4v) is 2.46. The first-order valence-corrected chi connectivity index (χ1v) is 8.17. The molecule has 0 aliphatic rings. The lowest BCUT2D eigenvalue weighted by Crippen LogP contribution is -2.30. The van der Waals surface area contributed by atoms with Gasteiger partial charge < -0.3 is 20.3 Å².